The predicted molar refractivity (Wildman–Crippen MR) is 114 cm³/mol. The number of ether oxygens (including phenoxy) is 1. The first-order chi connectivity index (χ1) is 14.2. The van der Waals surface area contributed by atoms with Gasteiger partial charge in [-0.05, 0) is 48.7 Å². The molecule has 2 heterocycles. The Morgan fingerprint density at radius 2 is 1.97 bits per heavy atom. The first-order valence-electron chi connectivity index (χ1n) is 9.80. The summed E-state index contributed by atoms with van der Waals surface area (Å²) in [5.74, 6) is 0.533. The SMILES string of the molecule is CCC(Nn1cc(C)c2cc(OCc3ccccc3)ccc21)c1ccncc1F. The van der Waals surface area contributed by atoms with Gasteiger partial charge in [-0.3, -0.25) is 9.66 Å². The van der Waals surface area contributed by atoms with Crippen LogP contribution in [0.1, 0.15) is 36.1 Å². The van der Waals surface area contributed by atoms with Gasteiger partial charge in [0.1, 0.15) is 18.2 Å². The van der Waals surface area contributed by atoms with Gasteiger partial charge in [0.05, 0.1) is 17.8 Å². The van der Waals surface area contributed by atoms with Crippen LogP contribution in [0.25, 0.3) is 10.9 Å². The normalized spacial score (nSPS) is 12.1. The number of fused-ring (bicyclic) bond motifs is 1. The molecule has 0 aliphatic rings. The highest BCUT2D eigenvalue weighted by molar-refractivity contribution is 5.85. The lowest BCUT2D eigenvalue weighted by atomic mass is 10.1. The van der Waals surface area contributed by atoms with E-state index in [9.17, 15) is 4.39 Å². The number of nitrogens with zero attached hydrogens (tertiary/aromatic N) is 2. The van der Waals surface area contributed by atoms with Crippen LogP contribution in [0, 0.1) is 12.7 Å². The molecule has 4 rings (SSSR count). The Hall–Kier alpha value is -3.34. The molecule has 0 saturated heterocycles. The van der Waals surface area contributed by atoms with E-state index < -0.39 is 0 Å². The molecule has 1 atom stereocenters. The highest BCUT2D eigenvalue weighted by Crippen LogP contribution is 2.28. The van der Waals surface area contributed by atoms with Crippen molar-refractivity contribution in [1.82, 2.24) is 9.66 Å². The van der Waals surface area contributed by atoms with Crippen molar-refractivity contribution in [3.63, 3.8) is 0 Å². The van der Waals surface area contributed by atoms with Gasteiger partial charge in [0.25, 0.3) is 0 Å². The van der Waals surface area contributed by atoms with Crippen LogP contribution < -0.4 is 10.2 Å². The molecule has 0 aliphatic heterocycles. The van der Waals surface area contributed by atoms with Gasteiger partial charge in [-0.1, -0.05) is 37.3 Å². The Balaban J connectivity index is 1.57. The van der Waals surface area contributed by atoms with Crippen LogP contribution in [0.5, 0.6) is 5.75 Å². The van der Waals surface area contributed by atoms with Gasteiger partial charge in [-0.15, -0.1) is 0 Å². The average Bonchev–Trinajstić information content (AvgIpc) is 3.06. The molecule has 0 amide bonds. The summed E-state index contributed by atoms with van der Waals surface area (Å²) < 4.78 is 22.1. The van der Waals surface area contributed by atoms with Crippen LogP contribution in [-0.4, -0.2) is 9.66 Å². The third-order valence-corrected chi connectivity index (χ3v) is 5.11. The average molecular weight is 389 g/mol. The summed E-state index contributed by atoms with van der Waals surface area (Å²) in [4.78, 5) is 3.85. The minimum atomic E-state index is -0.295. The largest absolute Gasteiger partial charge is 0.489 e. The van der Waals surface area contributed by atoms with Crippen LogP contribution in [0.15, 0.2) is 73.2 Å². The Morgan fingerprint density at radius 1 is 1.14 bits per heavy atom. The van der Waals surface area contributed by atoms with E-state index in [0.717, 1.165) is 34.2 Å². The third-order valence-electron chi connectivity index (χ3n) is 5.11. The van der Waals surface area contributed by atoms with Crippen molar-refractivity contribution >= 4 is 10.9 Å². The lowest BCUT2D eigenvalue weighted by molar-refractivity contribution is 0.306. The minimum absolute atomic E-state index is 0.151. The molecule has 148 valence electrons. The van der Waals surface area contributed by atoms with Crippen molar-refractivity contribution in [2.75, 3.05) is 5.43 Å². The van der Waals surface area contributed by atoms with Gasteiger partial charge in [0.2, 0.25) is 0 Å². The third kappa shape index (κ3) is 4.09. The number of rotatable bonds is 7. The van der Waals surface area contributed by atoms with E-state index >= 15 is 0 Å². The number of pyridine rings is 1. The molecule has 0 saturated carbocycles. The van der Waals surface area contributed by atoms with Gasteiger partial charge in [0.15, 0.2) is 0 Å². The zero-order chi connectivity index (χ0) is 20.2. The zero-order valence-electron chi connectivity index (χ0n) is 16.6. The molecule has 0 bridgehead atoms. The second kappa shape index (κ2) is 8.35. The van der Waals surface area contributed by atoms with Crippen molar-refractivity contribution in [2.24, 2.45) is 0 Å². The fraction of sp³-hybridized carbons (Fsp3) is 0.208. The molecule has 29 heavy (non-hydrogen) atoms. The van der Waals surface area contributed by atoms with Crippen molar-refractivity contribution in [3.8, 4) is 5.75 Å². The van der Waals surface area contributed by atoms with Crippen LogP contribution in [0.4, 0.5) is 4.39 Å². The van der Waals surface area contributed by atoms with E-state index in [-0.39, 0.29) is 11.9 Å². The molecule has 0 radical (unpaired) electrons. The van der Waals surface area contributed by atoms with E-state index in [1.54, 1.807) is 12.3 Å². The van der Waals surface area contributed by atoms with Crippen LogP contribution in [0.3, 0.4) is 0 Å². The number of halogens is 1. The lowest BCUT2D eigenvalue weighted by Gasteiger charge is -2.20. The summed E-state index contributed by atoms with van der Waals surface area (Å²) in [7, 11) is 0. The molecule has 2 aromatic heterocycles. The molecule has 1 N–H and O–H groups in total. The molecule has 4 aromatic rings. The number of aryl methyl sites for hydroxylation is 1. The minimum Gasteiger partial charge on any atom is -0.489 e. The van der Waals surface area contributed by atoms with Crippen molar-refractivity contribution in [2.45, 2.75) is 32.9 Å². The summed E-state index contributed by atoms with van der Waals surface area (Å²) in [5, 5.41) is 1.10. The highest BCUT2D eigenvalue weighted by atomic mass is 19.1. The molecular weight excluding hydrogens is 365 g/mol. The molecule has 4 nitrogen and oxygen atoms in total. The van der Waals surface area contributed by atoms with Crippen LogP contribution in [-0.2, 0) is 6.61 Å². The number of hydrogen-bond acceptors (Lipinski definition) is 3. The lowest BCUT2D eigenvalue weighted by Crippen LogP contribution is -2.20. The number of aromatic nitrogens is 2. The summed E-state index contributed by atoms with van der Waals surface area (Å²) in [6.45, 7) is 4.63. The van der Waals surface area contributed by atoms with E-state index in [0.29, 0.717) is 12.2 Å². The van der Waals surface area contributed by atoms with E-state index in [1.165, 1.54) is 6.20 Å². The van der Waals surface area contributed by atoms with Crippen LogP contribution >= 0.6 is 0 Å². The predicted octanol–water partition coefficient (Wildman–Crippen LogP) is 5.76. The molecule has 0 spiro atoms. The summed E-state index contributed by atoms with van der Waals surface area (Å²) in [6, 6.07) is 17.7. The van der Waals surface area contributed by atoms with Gasteiger partial charge in [0, 0.05) is 23.3 Å². The topological polar surface area (TPSA) is 39.1 Å². The summed E-state index contributed by atoms with van der Waals surface area (Å²) in [5.41, 5.74) is 7.34. The standard InChI is InChI=1S/C24H24FN3O/c1-3-23(20-11-12-26-14-22(20)25)27-28-15-17(2)21-13-19(9-10-24(21)28)29-16-18-7-5-4-6-8-18/h4-15,23,27H,3,16H2,1-2H3. The van der Waals surface area contributed by atoms with Crippen molar-refractivity contribution in [3.05, 3.63) is 95.7 Å². The first-order valence-corrected chi connectivity index (χ1v) is 9.80. The first kappa shape index (κ1) is 19.0. The summed E-state index contributed by atoms with van der Waals surface area (Å²) in [6.07, 6.45) is 5.67. The van der Waals surface area contributed by atoms with Gasteiger partial charge >= 0.3 is 0 Å². The van der Waals surface area contributed by atoms with Crippen molar-refractivity contribution in [1.29, 1.82) is 0 Å². The number of hydrogen-bond donors (Lipinski definition) is 1. The fourth-order valence-corrected chi connectivity index (χ4v) is 3.53. The molecule has 0 aliphatic carbocycles. The van der Waals surface area contributed by atoms with Crippen molar-refractivity contribution < 1.29 is 9.13 Å². The second-order valence-corrected chi connectivity index (χ2v) is 7.12. The Kier molecular flexibility index (Phi) is 5.47. The Morgan fingerprint density at radius 3 is 2.72 bits per heavy atom. The maximum atomic E-state index is 14.2. The molecule has 0 fully saturated rings. The molecule has 5 heteroatoms. The Labute approximate surface area is 169 Å². The molecular formula is C24H24FN3O. The number of benzene rings is 2. The van der Waals surface area contributed by atoms with Crippen LogP contribution in [0.2, 0.25) is 0 Å². The van der Waals surface area contributed by atoms with Gasteiger partial charge in [-0.25, -0.2) is 4.39 Å². The monoisotopic (exact) mass is 389 g/mol. The maximum absolute atomic E-state index is 14.2. The smallest absolute Gasteiger partial charge is 0.146 e. The quantitative estimate of drug-likeness (QED) is 0.437. The fourth-order valence-electron chi connectivity index (χ4n) is 3.53. The highest BCUT2D eigenvalue weighted by Gasteiger charge is 2.16. The van der Waals surface area contributed by atoms with Gasteiger partial charge in [-0.2, -0.15) is 0 Å². The van der Waals surface area contributed by atoms with E-state index in [2.05, 4.69) is 23.4 Å². The zero-order valence-corrected chi connectivity index (χ0v) is 16.6. The number of nitrogens with one attached hydrogen (secondary N) is 1. The second-order valence-electron chi connectivity index (χ2n) is 7.12. The van der Waals surface area contributed by atoms with E-state index in [1.807, 2.05) is 60.3 Å². The van der Waals surface area contributed by atoms with Gasteiger partial charge < -0.3 is 10.2 Å². The van der Waals surface area contributed by atoms with E-state index in [4.69, 9.17) is 4.74 Å². The maximum Gasteiger partial charge on any atom is 0.146 e. The Bertz CT molecular complexity index is 1110. The molecule has 1 unspecified atom stereocenters. The molecule has 2 aromatic carbocycles. The summed E-state index contributed by atoms with van der Waals surface area (Å²) >= 11 is 0.